The zero-order chi connectivity index (χ0) is 22.6. The van der Waals surface area contributed by atoms with E-state index >= 15 is 0 Å². The molecule has 0 saturated heterocycles. The fraction of sp³-hybridized carbons (Fsp3) is 0.240. The van der Waals surface area contributed by atoms with E-state index in [9.17, 15) is 13.2 Å². The minimum atomic E-state index is -3.73. The van der Waals surface area contributed by atoms with Gasteiger partial charge in [0.25, 0.3) is 15.9 Å². The van der Waals surface area contributed by atoms with E-state index in [4.69, 9.17) is 0 Å². The number of aryl methyl sites for hydroxylation is 3. The van der Waals surface area contributed by atoms with Crippen molar-refractivity contribution in [1.29, 1.82) is 0 Å². The molecule has 3 rings (SSSR count). The first-order valence-electron chi connectivity index (χ1n) is 10.3. The molecule has 0 unspecified atom stereocenters. The molecule has 3 aromatic rings. The average molecular weight is 437 g/mol. The van der Waals surface area contributed by atoms with Crippen LogP contribution < -0.4 is 10.0 Å². The Morgan fingerprint density at radius 1 is 0.903 bits per heavy atom. The standard InChI is InChI=1S/C25H28N2O3S/c1-5-24(20-12-11-18(3)19(4)15-20)26-25(28)21-7-6-8-22(16-21)27-31(29,30)23-13-9-17(2)10-14-23/h6-16,24,27H,5H2,1-4H3,(H,26,28)/t24-/m0/s1. The Bertz CT molecular complexity index is 1190. The number of carbonyl (C=O) groups excluding carboxylic acids is 1. The molecule has 0 saturated carbocycles. The van der Waals surface area contributed by atoms with Crippen molar-refractivity contribution < 1.29 is 13.2 Å². The lowest BCUT2D eigenvalue weighted by Gasteiger charge is -2.19. The Labute approximate surface area is 184 Å². The maximum Gasteiger partial charge on any atom is 0.261 e. The summed E-state index contributed by atoms with van der Waals surface area (Å²) >= 11 is 0. The van der Waals surface area contributed by atoms with Crippen molar-refractivity contribution >= 4 is 21.6 Å². The van der Waals surface area contributed by atoms with Crippen LogP contribution in [-0.2, 0) is 10.0 Å². The summed E-state index contributed by atoms with van der Waals surface area (Å²) in [5.41, 5.74) is 5.15. The molecular formula is C25H28N2O3S. The molecule has 0 aliphatic carbocycles. The highest BCUT2D eigenvalue weighted by Gasteiger charge is 2.17. The van der Waals surface area contributed by atoms with Gasteiger partial charge in [-0.3, -0.25) is 9.52 Å². The fourth-order valence-corrected chi connectivity index (χ4v) is 4.35. The molecule has 0 heterocycles. The van der Waals surface area contributed by atoms with Crippen molar-refractivity contribution in [3.8, 4) is 0 Å². The highest BCUT2D eigenvalue weighted by atomic mass is 32.2. The smallest absolute Gasteiger partial charge is 0.261 e. The third-order valence-electron chi connectivity index (χ3n) is 5.36. The molecule has 31 heavy (non-hydrogen) atoms. The summed E-state index contributed by atoms with van der Waals surface area (Å²) in [7, 11) is -3.73. The van der Waals surface area contributed by atoms with Gasteiger partial charge >= 0.3 is 0 Å². The second kappa shape index (κ2) is 9.35. The average Bonchev–Trinajstić information content (AvgIpc) is 2.74. The Morgan fingerprint density at radius 3 is 2.26 bits per heavy atom. The first kappa shape index (κ1) is 22.6. The van der Waals surface area contributed by atoms with Crippen molar-refractivity contribution in [3.63, 3.8) is 0 Å². The molecule has 0 fully saturated rings. The summed E-state index contributed by atoms with van der Waals surface area (Å²) in [6.45, 7) is 8.03. The van der Waals surface area contributed by atoms with Crippen LogP contribution in [0, 0.1) is 20.8 Å². The van der Waals surface area contributed by atoms with Crippen LogP contribution in [0.25, 0.3) is 0 Å². The van der Waals surface area contributed by atoms with E-state index < -0.39 is 10.0 Å². The van der Waals surface area contributed by atoms with Gasteiger partial charge in [0.2, 0.25) is 0 Å². The minimum absolute atomic E-state index is 0.125. The predicted molar refractivity (Wildman–Crippen MR) is 125 cm³/mol. The maximum absolute atomic E-state index is 12.9. The van der Waals surface area contributed by atoms with Crippen LogP contribution in [0.2, 0.25) is 0 Å². The van der Waals surface area contributed by atoms with E-state index in [1.165, 1.54) is 11.1 Å². The molecule has 1 amide bonds. The lowest BCUT2D eigenvalue weighted by atomic mass is 9.99. The SMILES string of the molecule is CC[C@H](NC(=O)c1cccc(NS(=O)(=O)c2ccc(C)cc2)c1)c1ccc(C)c(C)c1. The van der Waals surface area contributed by atoms with Crippen molar-refractivity contribution in [2.45, 2.75) is 45.1 Å². The first-order chi connectivity index (χ1) is 14.7. The van der Waals surface area contributed by atoms with Gasteiger partial charge in [0.1, 0.15) is 0 Å². The summed E-state index contributed by atoms with van der Waals surface area (Å²) < 4.78 is 27.9. The number of carbonyl (C=O) groups is 1. The zero-order valence-corrected chi connectivity index (χ0v) is 19.1. The summed E-state index contributed by atoms with van der Waals surface area (Å²) in [6.07, 6.45) is 0.744. The normalized spacial score (nSPS) is 12.3. The molecule has 1 atom stereocenters. The molecule has 0 radical (unpaired) electrons. The third kappa shape index (κ3) is 5.52. The van der Waals surface area contributed by atoms with Crippen molar-refractivity contribution in [2.75, 3.05) is 4.72 Å². The second-order valence-corrected chi connectivity index (χ2v) is 9.46. The van der Waals surface area contributed by atoms with Gasteiger partial charge in [0, 0.05) is 11.3 Å². The number of benzene rings is 3. The molecule has 0 aromatic heterocycles. The van der Waals surface area contributed by atoms with Crippen LogP contribution >= 0.6 is 0 Å². The topological polar surface area (TPSA) is 75.3 Å². The van der Waals surface area contributed by atoms with Crippen LogP contribution in [0.5, 0.6) is 0 Å². The molecule has 2 N–H and O–H groups in total. The number of amides is 1. The van der Waals surface area contributed by atoms with Gasteiger partial charge in [-0.2, -0.15) is 0 Å². The van der Waals surface area contributed by atoms with E-state index in [0.717, 1.165) is 17.5 Å². The van der Waals surface area contributed by atoms with Crippen molar-refractivity contribution in [1.82, 2.24) is 5.32 Å². The van der Waals surface area contributed by atoms with E-state index in [-0.39, 0.29) is 16.8 Å². The van der Waals surface area contributed by atoms with Gasteiger partial charge in [0.15, 0.2) is 0 Å². The van der Waals surface area contributed by atoms with Crippen molar-refractivity contribution in [3.05, 3.63) is 94.5 Å². The Morgan fingerprint density at radius 2 is 1.61 bits per heavy atom. The van der Waals surface area contributed by atoms with Crippen LogP contribution in [0.4, 0.5) is 5.69 Å². The van der Waals surface area contributed by atoms with Gasteiger partial charge in [-0.1, -0.05) is 48.9 Å². The van der Waals surface area contributed by atoms with Crippen LogP contribution in [0.15, 0.2) is 71.6 Å². The van der Waals surface area contributed by atoms with Crippen LogP contribution in [0.3, 0.4) is 0 Å². The summed E-state index contributed by atoms with van der Waals surface area (Å²) in [4.78, 5) is 13.1. The van der Waals surface area contributed by atoms with Crippen molar-refractivity contribution in [2.24, 2.45) is 0 Å². The minimum Gasteiger partial charge on any atom is -0.345 e. The summed E-state index contributed by atoms with van der Waals surface area (Å²) in [5, 5.41) is 3.06. The Kier molecular flexibility index (Phi) is 6.81. The Hall–Kier alpha value is -3.12. The van der Waals surface area contributed by atoms with Crippen LogP contribution in [0.1, 0.15) is 52.0 Å². The lowest BCUT2D eigenvalue weighted by molar-refractivity contribution is 0.0935. The molecule has 6 heteroatoms. The molecule has 5 nitrogen and oxygen atoms in total. The van der Waals surface area contributed by atoms with Crippen LogP contribution in [-0.4, -0.2) is 14.3 Å². The van der Waals surface area contributed by atoms with E-state index in [0.29, 0.717) is 11.3 Å². The Balaban J connectivity index is 1.77. The summed E-state index contributed by atoms with van der Waals surface area (Å²) in [6, 6.07) is 19.2. The predicted octanol–water partition coefficient (Wildman–Crippen LogP) is 5.29. The molecule has 162 valence electrons. The largest absolute Gasteiger partial charge is 0.345 e. The fourth-order valence-electron chi connectivity index (χ4n) is 3.30. The molecule has 0 spiro atoms. The van der Waals surface area contributed by atoms with Gasteiger partial charge < -0.3 is 5.32 Å². The number of sulfonamides is 1. The highest BCUT2D eigenvalue weighted by Crippen LogP contribution is 2.22. The third-order valence-corrected chi connectivity index (χ3v) is 6.75. The van der Waals surface area contributed by atoms with E-state index in [1.54, 1.807) is 48.5 Å². The molecular weight excluding hydrogens is 408 g/mol. The number of hydrogen-bond acceptors (Lipinski definition) is 3. The quantitative estimate of drug-likeness (QED) is 0.528. The maximum atomic E-state index is 12.9. The molecule has 0 aliphatic heterocycles. The van der Waals surface area contributed by atoms with Gasteiger partial charge in [0.05, 0.1) is 10.9 Å². The monoisotopic (exact) mass is 436 g/mol. The highest BCUT2D eigenvalue weighted by molar-refractivity contribution is 7.92. The molecule has 0 bridgehead atoms. The van der Waals surface area contributed by atoms with E-state index in [2.05, 4.69) is 36.0 Å². The number of anilines is 1. The molecule has 0 aliphatic rings. The van der Waals surface area contributed by atoms with Gasteiger partial charge in [-0.25, -0.2) is 8.42 Å². The second-order valence-electron chi connectivity index (χ2n) is 7.78. The first-order valence-corrected chi connectivity index (χ1v) is 11.8. The lowest BCUT2D eigenvalue weighted by Crippen LogP contribution is -2.28. The summed E-state index contributed by atoms with van der Waals surface area (Å²) in [5.74, 6) is -0.249. The number of rotatable bonds is 7. The van der Waals surface area contributed by atoms with E-state index in [1.807, 2.05) is 19.9 Å². The number of hydrogen-bond donors (Lipinski definition) is 2. The number of nitrogens with one attached hydrogen (secondary N) is 2. The van der Waals surface area contributed by atoms with Gasteiger partial charge in [-0.05, 0) is 74.2 Å². The zero-order valence-electron chi connectivity index (χ0n) is 18.3. The molecule has 3 aromatic carbocycles. The van der Waals surface area contributed by atoms with Gasteiger partial charge in [-0.15, -0.1) is 0 Å².